The molecule has 0 radical (unpaired) electrons. The molecule has 0 bridgehead atoms. The van der Waals surface area contributed by atoms with E-state index in [0.29, 0.717) is 12.5 Å². The maximum absolute atomic E-state index is 10.3. The minimum absolute atomic E-state index is 0.222. The van der Waals surface area contributed by atoms with Crippen molar-refractivity contribution in [2.24, 2.45) is 5.92 Å². The maximum atomic E-state index is 10.3. The summed E-state index contributed by atoms with van der Waals surface area (Å²) in [6, 6.07) is 2.04. The summed E-state index contributed by atoms with van der Waals surface area (Å²) in [6.45, 7) is 7.13. The SMILES string of the molecule is CCNc1ncc(CN2C[C@@H](Cc3cc(C)[nH]n3)[C@H](O)C2)cn1. The highest BCUT2D eigenvalue weighted by molar-refractivity contribution is 5.24. The molecule has 0 amide bonds. The number of anilines is 1. The second-order valence-electron chi connectivity index (χ2n) is 6.21. The number of nitrogens with one attached hydrogen (secondary N) is 2. The average molecular weight is 316 g/mol. The van der Waals surface area contributed by atoms with Gasteiger partial charge in [0, 0.05) is 55.7 Å². The Balaban J connectivity index is 1.55. The second kappa shape index (κ2) is 7.06. The lowest BCUT2D eigenvalue weighted by atomic mass is 10.0. The van der Waals surface area contributed by atoms with Crippen LogP contribution >= 0.6 is 0 Å². The molecule has 7 nitrogen and oxygen atoms in total. The van der Waals surface area contributed by atoms with Crippen molar-refractivity contribution in [1.82, 2.24) is 25.1 Å². The smallest absolute Gasteiger partial charge is 0.222 e. The molecule has 2 aromatic rings. The van der Waals surface area contributed by atoms with E-state index in [-0.39, 0.29) is 12.0 Å². The number of likely N-dealkylation sites (tertiary alicyclic amines) is 1. The Kier molecular flexibility index (Phi) is 4.88. The topological polar surface area (TPSA) is 90.0 Å². The van der Waals surface area contributed by atoms with Gasteiger partial charge in [-0.15, -0.1) is 0 Å². The summed E-state index contributed by atoms with van der Waals surface area (Å²) in [5.74, 6) is 0.879. The highest BCUT2D eigenvalue weighted by atomic mass is 16.3. The first-order chi connectivity index (χ1) is 11.1. The summed E-state index contributed by atoms with van der Waals surface area (Å²) < 4.78 is 0. The van der Waals surface area contributed by atoms with Crippen molar-refractivity contribution in [3.63, 3.8) is 0 Å². The standard InChI is InChI=1S/C16H24N6O/c1-3-17-16-18-6-12(7-19-16)8-22-9-13(15(23)10-22)5-14-4-11(2)20-21-14/h4,6-7,13,15,23H,3,5,8-10H2,1-2H3,(H,20,21)(H,17,18,19)/t13-,15-/m1/s1. The first-order valence-corrected chi connectivity index (χ1v) is 8.10. The number of aryl methyl sites for hydroxylation is 1. The molecule has 3 N–H and O–H groups in total. The second-order valence-corrected chi connectivity index (χ2v) is 6.21. The fourth-order valence-electron chi connectivity index (χ4n) is 3.06. The van der Waals surface area contributed by atoms with Gasteiger partial charge in [0.1, 0.15) is 0 Å². The number of hydrogen-bond donors (Lipinski definition) is 3. The Bertz CT molecular complexity index is 626. The third kappa shape index (κ3) is 4.05. The number of nitrogens with zero attached hydrogens (tertiary/aromatic N) is 4. The van der Waals surface area contributed by atoms with Crippen LogP contribution in [-0.2, 0) is 13.0 Å². The van der Waals surface area contributed by atoms with Gasteiger partial charge >= 0.3 is 0 Å². The molecule has 124 valence electrons. The van der Waals surface area contributed by atoms with Crippen molar-refractivity contribution in [3.05, 3.63) is 35.4 Å². The number of rotatable bonds is 6. The molecular formula is C16H24N6O. The molecule has 3 rings (SSSR count). The lowest BCUT2D eigenvalue weighted by Crippen LogP contribution is -2.21. The van der Waals surface area contributed by atoms with Gasteiger partial charge in [0.2, 0.25) is 5.95 Å². The quantitative estimate of drug-likeness (QED) is 0.736. The van der Waals surface area contributed by atoms with Gasteiger partial charge in [-0.2, -0.15) is 5.10 Å². The van der Waals surface area contributed by atoms with Crippen molar-refractivity contribution >= 4 is 5.95 Å². The van der Waals surface area contributed by atoms with E-state index in [4.69, 9.17) is 0 Å². The monoisotopic (exact) mass is 316 g/mol. The molecule has 1 saturated heterocycles. The van der Waals surface area contributed by atoms with Crippen molar-refractivity contribution in [1.29, 1.82) is 0 Å². The fourth-order valence-corrected chi connectivity index (χ4v) is 3.06. The Morgan fingerprint density at radius 1 is 1.35 bits per heavy atom. The predicted molar refractivity (Wildman–Crippen MR) is 88.0 cm³/mol. The summed E-state index contributed by atoms with van der Waals surface area (Å²) in [6.07, 6.45) is 4.19. The van der Waals surface area contributed by atoms with Crippen LogP contribution in [0, 0.1) is 12.8 Å². The van der Waals surface area contributed by atoms with Gasteiger partial charge in [-0.05, 0) is 26.3 Å². The summed E-state index contributed by atoms with van der Waals surface area (Å²) >= 11 is 0. The van der Waals surface area contributed by atoms with Gasteiger partial charge in [0.25, 0.3) is 0 Å². The average Bonchev–Trinajstić information content (AvgIpc) is 3.08. The minimum atomic E-state index is -0.311. The van der Waals surface area contributed by atoms with Crippen LogP contribution in [0.4, 0.5) is 5.95 Å². The number of β-amino-alcohol motifs (C(OH)–C–C–N with tert-alkyl or cyclic N) is 1. The molecule has 2 aromatic heterocycles. The molecule has 3 heterocycles. The largest absolute Gasteiger partial charge is 0.391 e. The molecule has 23 heavy (non-hydrogen) atoms. The molecule has 1 fully saturated rings. The van der Waals surface area contributed by atoms with Gasteiger partial charge in [-0.3, -0.25) is 10.00 Å². The Hall–Kier alpha value is -1.99. The van der Waals surface area contributed by atoms with Gasteiger partial charge < -0.3 is 10.4 Å². The number of aromatic nitrogens is 4. The summed E-state index contributed by atoms with van der Waals surface area (Å²) in [4.78, 5) is 10.8. The van der Waals surface area contributed by atoms with E-state index in [9.17, 15) is 5.11 Å². The van der Waals surface area contributed by atoms with Crippen molar-refractivity contribution in [2.45, 2.75) is 32.9 Å². The lowest BCUT2D eigenvalue weighted by molar-refractivity contribution is 0.140. The molecule has 0 aromatic carbocycles. The first-order valence-electron chi connectivity index (χ1n) is 8.10. The number of H-pyrrole nitrogens is 1. The molecule has 1 aliphatic heterocycles. The van der Waals surface area contributed by atoms with Crippen molar-refractivity contribution in [2.75, 3.05) is 25.0 Å². The van der Waals surface area contributed by atoms with E-state index in [1.54, 1.807) is 0 Å². The van der Waals surface area contributed by atoms with E-state index in [0.717, 1.165) is 43.0 Å². The van der Waals surface area contributed by atoms with Crippen molar-refractivity contribution < 1.29 is 5.11 Å². The van der Waals surface area contributed by atoms with E-state index in [1.165, 1.54) is 0 Å². The first kappa shape index (κ1) is 15.9. The highest BCUT2D eigenvalue weighted by Crippen LogP contribution is 2.22. The van der Waals surface area contributed by atoms with Gasteiger partial charge in [-0.1, -0.05) is 0 Å². The zero-order valence-electron chi connectivity index (χ0n) is 13.7. The zero-order valence-corrected chi connectivity index (χ0v) is 13.7. The number of aliphatic hydroxyl groups excluding tert-OH is 1. The lowest BCUT2D eigenvalue weighted by Gasteiger charge is -2.15. The van der Waals surface area contributed by atoms with Crippen LogP contribution in [0.1, 0.15) is 23.9 Å². The van der Waals surface area contributed by atoms with E-state index in [1.807, 2.05) is 32.3 Å². The molecule has 0 saturated carbocycles. The van der Waals surface area contributed by atoms with E-state index >= 15 is 0 Å². The predicted octanol–water partition coefficient (Wildman–Crippen LogP) is 0.975. The normalized spacial score (nSPS) is 21.7. The Labute approximate surface area is 136 Å². The van der Waals surface area contributed by atoms with Crippen LogP contribution in [0.25, 0.3) is 0 Å². The van der Waals surface area contributed by atoms with Crippen molar-refractivity contribution in [3.8, 4) is 0 Å². The van der Waals surface area contributed by atoms with Crippen LogP contribution in [0.2, 0.25) is 0 Å². The molecule has 1 aliphatic rings. The zero-order chi connectivity index (χ0) is 16.2. The van der Waals surface area contributed by atoms with Crippen LogP contribution in [-0.4, -0.2) is 55.9 Å². The number of aliphatic hydroxyl groups is 1. The van der Waals surface area contributed by atoms with Crippen LogP contribution < -0.4 is 5.32 Å². The fraction of sp³-hybridized carbons (Fsp3) is 0.562. The third-order valence-electron chi connectivity index (χ3n) is 4.16. The molecule has 7 heteroatoms. The maximum Gasteiger partial charge on any atom is 0.222 e. The Morgan fingerprint density at radius 3 is 2.78 bits per heavy atom. The molecule has 0 unspecified atom stereocenters. The number of aromatic amines is 1. The molecule has 0 aliphatic carbocycles. The van der Waals surface area contributed by atoms with Crippen LogP contribution in [0.5, 0.6) is 0 Å². The van der Waals surface area contributed by atoms with Gasteiger partial charge in [-0.25, -0.2) is 9.97 Å². The minimum Gasteiger partial charge on any atom is -0.391 e. The summed E-state index contributed by atoms with van der Waals surface area (Å²) in [7, 11) is 0. The van der Waals surface area contributed by atoms with Gasteiger partial charge in [0.15, 0.2) is 0 Å². The highest BCUT2D eigenvalue weighted by Gasteiger charge is 2.31. The molecule has 0 spiro atoms. The molecule has 2 atom stereocenters. The molecular weight excluding hydrogens is 292 g/mol. The van der Waals surface area contributed by atoms with E-state index < -0.39 is 0 Å². The number of hydrogen-bond acceptors (Lipinski definition) is 6. The van der Waals surface area contributed by atoms with Gasteiger partial charge in [0.05, 0.1) is 11.8 Å². The Morgan fingerprint density at radius 2 is 2.13 bits per heavy atom. The third-order valence-corrected chi connectivity index (χ3v) is 4.16. The van der Waals surface area contributed by atoms with E-state index in [2.05, 4.69) is 30.4 Å². The summed E-state index contributed by atoms with van der Waals surface area (Å²) in [5.41, 5.74) is 3.14. The van der Waals surface area contributed by atoms with Crippen LogP contribution in [0.15, 0.2) is 18.5 Å². The van der Waals surface area contributed by atoms with Crippen LogP contribution in [0.3, 0.4) is 0 Å². The summed E-state index contributed by atoms with van der Waals surface area (Å²) in [5, 5.41) is 20.6.